The van der Waals surface area contributed by atoms with Gasteiger partial charge >= 0.3 is 11.9 Å². The zero-order valence-electron chi connectivity index (χ0n) is 9.60. The van der Waals surface area contributed by atoms with Gasteiger partial charge in [-0.05, 0) is 27.7 Å². The third-order valence-corrected chi connectivity index (χ3v) is 2.21. The fourth-order valence-electron chi connectivity index (χ4n) is 1.80. The van der Waals surface area contributed by atoms with E-state index in [0.717, 1.165) is 0 Å². The van der Waals surface area contributed by atoms with Crippen LogP contribution in [0.15, 0.2) is 0 Å². The van der Waals surface area contributed by atoms with Gasteiger partial charge in [0.1, 0.15) is 6.04 Å². The molecule has 0 rings (SSSR count). The van der Waals surface area contributed by atoms with Crippen molar-refractivity contribution in [3.8, 4) is 0 Å². The molecule has 0 fully saturated rings. The first-order valence-corrected chi connectivity index (χ1v) is 4.99. The van der Waals surface area contributed by atoms with Crippen LogP contribution in [0.1, 0.15) is 34.1 Å². The van der Waals surface area contributed by atoms with Crippen LogP contribution in [-0.4, -0.2) is 45.2 Å². The van der Waals surface area contributed by atoms with Crippen LogP contribution in [-0.2, 0) is 9.59 Å². The van der Waals surface area contributed by atoms with E-state index in [4.69, 9.17) is 10.2 Å². The fourth-order valence-corrected chi connectivity index (χ4v) is 1.80. The topological polar surface area (TPSA) is 77.8 Å². The number of hydrogen-bond donors (Lipinski definition) is 2. The number of hydrogen-bond acceptors (Lipinski definition) is 3. The highest BCUT2D eigenvalue weighted by Crippen LogP contribution is 2.14. The molecule has 0 aliphatic rings. The fraction of sp³-hybridized carbons (Fsp3) is 0.800. The molecule has 0 aromatic rings. The van der Waals surface area contributed by atoms with Crippen LogP contribution in [0.25, 0.3) is 0 Å². The van der Waals surface area contributed by atoms with Crippen molar-refractivity contribution in [3.05, 3.63) is 0 Å². The number of aliphatic carboxylic acids is 2. The van der Waals surface area contributed by atoms with Crippen molar-refractivity contribution >= 4 is 11.9 Å². The first-order chi connectivity index (χ1) is 6.77. The number of carbonyl (C=O) groups is 2. The van der Waals surface area contributed by atoms with Gasteiger partial charge in [0.25, 0.3) is 0 Å². The van der Waals surface area contributed by atoms with Gasteiger partial charge < -0.3 is 10.2 Å². The Bertz CT molecular complexity index is 230. The van der Waals surface area contributed by atoms with Crippen molar-refractivity contribution in [1.29, 1.82) is 0 Å². The Balaban J connectivity index is 4.84. The van der Waals surface area contributed by atoms with Gasteiger partial charge in [-0.2, -0.15) is 0 Å². The maximum Gasteiger partial charge on any atom is 0.321 e. The summed E-state index contributed by atoms with van der Waals surface area (Å²) in [7, 11) is 0. The van der Waals surface area contributed by atoms with E-state index < -0.39 is 18.0 Å². The molecule has 1 atom stereocenters. The zero-order chi connectivity index (χ0) is 12.2. The van der Waals surface area contributed by atoms with Crippen LogP contribution < -0.4 is 0 Å². The molecule has 0 aliphatic heterocycles. The van der Waals surface area contributed by atoms with Crippen LogP contribution in [0.3, 0.4) is 0 Å². The third kappa shape index (κ3) is 4.29. The van der Waals surface area contributed by atoms with E-state index in [1.807, 2.05) is 27.7 Å². The van der Waals surface area contributed by atoms with Gasteiger partial charge in [0.05, 0.1) is 6.42 Å². The summed E-state index contributed by atoms with van der Waals surface area (Å²) < 4.78 is 0. The first kappa shape index (κ1) is 13.9. The number of rotatable bonds is 6. The Hall–Kier alpha value is -1.10. The molecule has 0 aromatic heterocycles. The maximum absolute atomic E-state index is 11.0. The number of nitrogens with zero attached hydrogens (tertiary/aromatic N) is 1. The van der Waals surface area contributed by atoms with Gasteiger partial charge in [0.15, 0.2) is 0 Å². The first-order valence-electron chi connectivity index (χ1n) is 4.99. The monoisotopic (exact) mass is 217 g/mol. The van der Waals surface area contributed by atoms with E-state index in [-0.39, 0.29) is 18.5 Å². The highest BCUT2D eigenvalue weighted by Gasteiger charge is 2.31. The van der Waals surface area contributed by atoms with Gasteiger partial charge in [0.2, 0.25) is 0 Å². The molecule has 15 heavy (non-hydrogen) atoms. The van der Waals surface area contributed by atoms with E-state index in [9.17, 15) is 9.59 Å². The SMILES string of the molecule is CC(C)N(C(C)C)C(CC(=O)O)C(=O)O. The molecule has 0 aliphatic carbocycles. The van der Waals surface area contributed by atoms with E-state index in [2.05, 4.69) is 0 Å². The Morgan fingerprint density at radius 2 is 1.47 bits per heavy atom. The highest BCUT2D eigenvalue weighted by atomic mass is 16.4. The zero-order valence-corrected chi connectivity index (χ0v) is 9.60. The average molecular weight is 217 g/mol. The molecule has 5 nitrogen and oxygen atoms in total. The lowest BCUT2D eigenvalue weighted by atomic mass is 10.1. The molecule has 0 bridgehead atoms. The molecule has 0 spiro atoms. The molecule has 88 valence electrons. The van der Waals surface area contributed by atoms with Gasteiger partial charge in [-0.25, -0.2) is 0 Å². The molecule has 0 heterocycles. The molecule has 5 heteroatoms. The molecular weight excluding hydrogens is 198 g/mol. The summed E-state index contributed by atoms with van der Waals surface area (Å²) in [5.41, 5.74) is 0. The van der Waals surface area contributed by atoms with E-state index in [0.29, 0.717) is 0 Å². The van der Waals surface area contributed by atoms with Gasteiger partial charge in [-0.15, -0.1) is 0 Å². The normalized spacial score (nSPS) is 13.5. The minimum absolute atomic E-state index is 0.00505. The summed E-state index contributed by atoms with van der Waals surface area (Å²) in [5.74, 6) is -2.17. The minimum atomic E-state index is -1.09. The van der Waals surface area contributed by atoms with Crippen molar-refractivity contribution < 1.29 is 19.8 Å². The van der Waals surface area contributed by atoms with Crippen molar-refractivity contribution in [2.24, 2.45) is 0 Å². The molecule has 0 aromatic carbocycles. The molecule has 2 N–H and O–H groups in total. The van der Waals surface area contributed by atoms with Crippen molar-refractivity contribution in [2.75, 3.05) is 0 Å². The van der Waals surface area contributed by atoms with Crippen molar-refractivity contribution in [2.45, 2.75) is 52.2 Å². The summed E-state index contributed by atoms with van der Waals surface area (Å²) in [6.45, 7) is 7.44. The van der Waals surface area contributed by atoms with Crippen molar-refractivity contribution in [1.82, 2.24) is 4.90 Å². The molecule has 0 amide bonds. The minimum Gasteiger partial charge on any atom is -0.481 e. The van der Waals surface area contributed by atoms with Gasteiger partial charge in [-0.3, -0.25) is 14.5 Å². The lowest BCUT2D eigenvalue weighted by molar-refractivity contribution is -0.151. The van der Waals surface area contributed by atoms with Crippen LogP contribution in [0.5, 0.6) is 0 Å². The van der Waals surface area contributed by atoms with Crippen molar-refractivity contribution in [3.63, 3.8) is 0 Å². The molecular formula is C10H19NO4. The summed E-state index contributed by atoms with van der Waals surface area (Å²) in [6, 6.07) is -0.946. The Labute approximate surface area is 89.7 Å². The van der Waals surface area contributed by atoms with Crippen LogP contribution in [0.4, 0.5) is 0 Å². The lowest BCUT2D eigenvalue weighted by Crippen LogP contribution is -2.49. The van der Waals surface area contributed by atoms with Crippen LogP contribution in [0, 0.1) is 0 Å². The van der Waals surface area contributed by atoms with Crippen LogP contribution in [0.2, 0.25) is 0 Å². The van der Waals surface area contributed by atoms with E-state index in [1.165, 1.54) is 0 Å². The van der Waals surface area contributed by atoms with Gasteiger partial charge in [0, 0.05) is 12.1 Å². The summed E-state index contributed by atoms with van der Waals surface area (Å²) in [6.07, 6.45) is -0.369. The third-order valence-electron chi connectivity index (χ3n) is 2.21. The second kappa shape index (κ2) is 5.70. The maximum atomic E-state index is 11.0. The molecule has 0 saturated heterocycles. The Morgan fingerprint density at radius 3 is 1.67 bits per heavy atom. The van der Waals surface area contributed by atoms with E-state index >= 15 is 0 Å². The standard InChI is InChI=1S/C10H19NO4/c1-6(2)11(7(3)4)8(10(14)15)5-9(12)13/h6-8H,5H2,1-4H3,(H,12,13)(H,14,15). The molecule has 0 radical (unpaired) electrons. The van der Waals surface area contributed by atoms with Crippen LogP contribution >= 0.6 is 0 Å². The van der Waals surface area contributed by atoms with E-state index in [1.54, 1.807) is 4.90 Å². The Kier molecular flexibility index (Phi) is 5.28. The summed E-state index contributed by atoms with van der Waals surface area (Å²) in [4.78, 5) is 23.2. The predicted molar refractivity (Wildman–Crippen MR) is 55.8 cm³/mol. The average Bonchev–Trinajstić information content (AvgIpc) is 2.00. The highest BCUT2D eigenvalue weighted by molar-refractivity contribution is 5.80. The van der Waals surface area contributed by atoms with Gasteiger partial charge in [-0.1, -0.05) is 0 Å². The summed E-state index contributed by atoms with van der Waals surface area (Å²) in [5, 5.41) is 17.6. The largest absolute Gasteiger partial charge is 0.481 e. The smallest absolute Gasteiger partial charge is 0.321 e. The second-order valence-electron chi connectivity index (χ2n) is 4.09. The Morgan fingerprint density at radius 1 is 1.07 bits per heavy atom. The quantitative estimate of drug-likeness (QED) is 0.695. The predicted octanol–water partition coefficient (Wildman–Crippen LogP) is 1.03. The molecule has 1 unspecified atom stereocenters. The number of carboxylic acid groups (broad SMARTS) is 2. The number of carboxylic acids is 2. The molecule has 0 saturated carbocycles. The lowest BCUT2D eigenvalue weighted by Gasteiger charge is -2.35. The summed E-state index contributed by atoms with van der Waals surface area (Å²) >= 11 is 0. The second-order valence-corrected chi connectivity index (χ2v) is 4.09.